The molecule has 1 N–H and O–H groups in total. The molecule has 1 aliphatic heterocycles. The molecule has 0 aromatic rings. The van der Waals surface area contributed by atoms with Crippen LogP contribution in [-0.4, -0.2) is 42.8 Å². The molecule has 0 aromatic heterocycles. The van der Waals surface area contributed by atoms with Gasteiger partial charge >= 0.3 is 0 Å². The number of aliphatic hydroxyl groups excluding tert-OH is 1. The van der Waals surface area contributed by atoms with Crippen LogP contribution >= 0.6 is 0 Å². The molecule has 0 aliphatic carbocycles. The highest BCUT2D eigenvalue weighted by Crippen LogP contribution is 2.19. The van der Waals surface area contributed by atoms with Crippen molar-refractivity contribution in [1.82, 2.24) is 4.31 Å². The lowest BCUT2D eigenvalue weighted by Gasteiger charge is -2.33. The Morgan fingerprint density at radius 3 is 2.57 bits per heavy atom. The monoisotopic (exact) mass is 221 g/mol. The first-order valence-corrected chi connectivity index (χ1v) is 6.72. The molecule has 0 saturated carbocycles. The van der Waals surface area contributed by atoms with Crippen LogP contribution < -0.4 is 0 Å². The van der Waals surface area contributed by atoms with Crippen molar-refractivity contribution < 1.29 is 13.5 Å². The minimum absolute atomic E-state index is 0.187. The van der Waals surface area contributed by atoms with E-state index in [0.717, 1.165) is 0 Å². The van der Waals surface area contributed by atoms with Crippen molar-refractivity contribution in [2.75, 3.05) is 18.8 Å². The summed E-state index contributed by atoms with van der Waals surface area (Å²) in [7, 11) is -3.13. The fraction of sp³-hybridized carbons (Fsp3) is 1.00. The maximum atomic E-state index is 11.7. The van der Waals surface area contributed by atoms with Crippen molar-refractivity contribution in [1.29, 1.82) is 0 Å². The van der Waals surface area contributed by atoms with Gasteiger partial charge in [-0.2, -0.15) is 4.31 Å². The standard InChI is InChI=1S/C9H19NO3S/c1-3-4-14(12,13)10-6-8(2)5-9(11)7-10/h8-9,11H,3-7H2,1-2H3. The van der Waals surface area contributed by atoms with Gasteiger partial charge in [0.05, 0.1) is 11.9 Å². The smallest absolute Gasteiger partial charge is 0.214 e. The summed E-state index contributed by atoms with van der Waals surface area (Å²) < 4.78 is 24.8. The van der Waals surface area contributed by atoms with Gasteiger partial charge in [0.25, 0.3) is 0 Å². The lowest BCUT2D eigenvalue weighted by molar-refractivity contribution is 0.0821. The second-order valence-corrected chi connectivity index (χ2v) is 6.22. The highest BCUT2D eigenvalue weighted by molar-refractivity contribution is 7.89. The highest BCUT2D eigenvalue weighted by Gasteiger charge is 2.30. The molecule has 1 aliphatic rings. The zero-order valence-corrected chi connectivity index (χ0v) is 9.63. The number of aliphatic hydroxyl groups is 1. The van der Waals surface area contributed by atoms with Crippen molar-refractivity contribution in [2.45, 2.75) is 32.8 Å². The van der Waals surface area contributed by atoms with E-state index in [1.54, 1.807) is 0 Å². The number of β-amino-alcohol motifs (C(OH)–C–C–N with tert-alkyl or cyclic N) is 1. The molecule has 5 heteroatoms. The average Bonchev–Trinajstić information content (AvgIpc) is 2.02. The van der Waals surface area contributed by atoms with Crippen LogP contribution in [0.4, 0.5) is 0 Å². The minimum atomic E-state index is -3.13. The molecular formula is C9H19NO3S. The summed E-state index contributed by atoms with van der Waals surface area (Å²) >= 11 is 0. The molecule has 14 heavy (non-hydrogen) atoms. The summed E-state index contributed by atoms with van der Waals surface area (Å²) in [4.78, 5) is 0. The van der Waals surface area contributed by atoms with Crippen LogP contribution in [0.1, 0.15) is 26.7 Å². The van der Waals surface area contributed by atoms with Gasteiger partial charge < -0.3 is 5.11 Å². The first kappa shape index (κ1) is 11.9. The van der Waals surface area contributed by atoms with E-state index in [0.29, 0.717) is 19.4 Å². The molecule has 1 fully saturated rings. The molecule has 84 valence electrons. The van der Waals surface area contributed by atoms with Crippen molar-refractivity contribution >= 4 is 10.0 Å². The van der Waals surface area contributed by atoms with E-state index in [2.05, 4.69) is 0 Å². The van der Waals surface area contributed by atoms with E-state index in [4.69, 9.17) is 0 Å². The predicted octanol–water partition coefficient (Wildman–Crippen LogP) is 0.429. The quantitative estimate of drug-likeness (QED) is 0.752. The first-order chi connectivity index (χ1) is 6.45. The normalized spacial score (nSPS) is 30.5. The van der Waals surface area contributed by atoms with Crippen LogP contribution in [0.15, 0.2) is 0 Å². The molecule has 2 unspecified atom stereocenters. The molecule has 0 spiro atoms. The summed E-state index contributed by atoms with van der Waals surface area (Å²) in [6.45, 7) is 4.64. The van der Waals surface area contributed by atoms with Crippen molar-refractivity contribution in [2.24, 2.45) is 5.92 Å². The molecule has 4 nitrogen and oxygen atoms in total. The molecule has 0 bridgehead atoms. The fourth-order valence-corrected chi connectivity index (χ4v) is 3.54. The van der Waals surface area contributed by atoms with E-state index in [-0.39, 0.29) is 18.2 Å². The van der Waals surface area contributed by atoms with E-state index >= 15 is 0 Å². The minimum Gasteiger partial charge on any atom is -0.392 e. The fourth-order valence-electron chi connectivity index (χ4n) is 1.88. The number of nitrogens with zero attached hydrogens (tertiary/aromatic N) is 1. The molecule has 0 amide bonds. The summed E-state index contributed by atoms with van der Waals surface area (Å²) in [6, 6.07) is 0. The van der Waals surface area contributed by atoms with Crippen LogP contribution in [-0.2, 0) is 10.0 Å². The van der Waals surface area contributed by atoms with Gasteiger partial charge in [-0.25, -0.2) is 8.42 Å². The average molecular weight is 221 g/mol. The Morgan fingerprint density at radius 2 is 2.07 bits per heavy atom. The Bertz CT molecular complexity index is 266. The Labute approximate surface area is 86.0 Å². The second kappa shape index (κ2) is 4.59. The molecule has 0 aromatic carbocycles. The topological polar surface area (TPSA) is 57.6 Å². The molecular weight excluding hydrogens is 202 g/mol. The third-order valence-corrected chi connectivity index (χ3v) is 4.47. The molecule has 1 rings (SSSR count). The Balaban J connectivity index is 2.68. The van der Waals surface area contributed by atoms with Crippen molar-refractivity contribution in [3.8, 4) is 0 Å². The lowest BCUT2D eigenvalue weighted by Crippen LogP contribution is -2.46. The van der Waals surface area contributed by atoms with Crippen LogP contribution in [0.2, 0.25) is 0 Å². The summed E-state index contributed by atoms with van der Waals surface area (Å²) in [5.74, 6) is 0.442. The highest BCUT2D eigenvalue weighted by atomic mass is 32.2. The number of piperidine rings is 1. The van der Waals surface area contributed by atoms with E-state index < -0.39 is 16.1 Å². The van der Waals surface area contributed by atoms with Crippen molar-refractivity contribution in [3.05, 3.63) is 0 Å². The third-order valence-electron chi connectivity index (χ3n) is 2.46. The number of sulfonamides is 1. The van der Waals surface area contributed by atoms with Gasteiger partial charge in [-0.15, -0.1) is 0 Å². The number of hydrogen-bond donors (Lipinski definition) is 1. The first-order valence-electron chi connectivity index (χ1n) is 5.11. The zero-order valence-electron chi connectivity index (χ0n) is 8.81. The van der Waals surface area contributed by atoms with E-state index in [9.17, 15) is 13.5 Å². The maximum Gasteiger partial charge on any atom is 0.214 e. The van der Waals surface area contributed by atoms with Gasteiger partial charge in [0.15, 0.2) is 0 Å². The summed E-state index contributed by atoms with van der Waals surface area (Å²) in [6.07, 6.45) is 0.840. The summed E-state index contributed by atoms with van der Waals surface area (Å²) in [5, 5.41) is 9.48. The van der Waals surface area contributed by atoms with Gasteiger partial charge in [-0.3, -0.25) is 0 Å². The van der Waals surface area contributed by atoms with Gasteiger partial charge in [-0.05, 0) is 18.8 Å². The second-order valence-electron chi connectivity index (χ2n) is 4.13. The zero-order chi connectivity index (χ0) is 10.8. The molecule has 0 radical (unpaired) electrons. The van der Waals surface area contributed by atoms with Gasteiger partial charge in [0.1, 0.15) is 0 Å². The Hall–Kier alpha value is -0.130. The van der Waals surface area contributed by atoms with E-state index in [1.807, 2.05) is 13.8 Å². The van der Waals surface area contributed by atoms with Crippen LogP contribution in [0.25, 0.3) is 0 Å². The molecule has 1 heterocycles. The van der Waals surface area contributed by atoms with Crippen LogP contribution in [0.5, 0.6) is 0 Å². The Morgan fingerprint density at radius 1 is 1.43 bits per heavy atom. The largest absolute Gasteiger partial charge is 0.392 e. The number of rotatable bonds is 3. The van der Waals surface area contributed by atoms with Crippen LogP contribution in [0.3, 0.4) is 0 Å². The predicted molar refractivity (Wildman–Crippen MR) is 55.4 cm³/mol. The van der Waals surface area contributed by atoms with Gasteiger partial charge in [-0.1, -0.05) is 13.8 Å². The van der Waals surface area contributed by atoms with Gasteiger partial charge in [0.2, 0.25) is 10.0 Å². The third kappa shape index (κ3) is 2.93. The SMILES string of the molecule is CCCS(=O)(=O)N1CC(C)CC(O)C1. The lowest BCUT2D eigenvalue weighted by atomic mass is 10.00. The van der Waals surface area contributed by atoms with Crippen molar-refractivity contribution in [3.63, 3.8) is 0 Å². The molecule has 1 saturated heterocycles. The van der Waals surface area contributed by atoms with Crippen LogP contribution in [0, 0.1) is 5.92 Å². The maximum absolute atomic E-state index is 11.7. The summed E-state index contributed by atoms with van der Waals surface area (Å²) in [5.41, 5.74) is 0. The van der Waals surface area contributed by atoms with E-state index in [1.165, 1.54) is 4.31 Å². The number of hydrogen-bond acceptors (Lipinski definition) is 3. The van der Waals surface area contributed by atoms with Gasteiger partial charge in [0, 0.05) is 13.1 Å². The molecule has 2 atom stereocenters. The Kier molecular flexibility index (Phi) is 3.92.